The van der Waals surface area contributed by atoms with Crippen LogP contribution in [-0.2, 0) is 14.2 Å². The molecule has 0 unspecified atom stereocenters. The van der Waals surface area contributed by atoms with Gasteiger partial charge in [-0.3, -0.25) is 0 Å². The number of carbonyl (C=O) groups is 1. The minimum absolute atomic E-state index is 0.0370. The van der Waals surface area contributed by atoms with E-state index in [2.05, 4.69) is 18.7 Å². The molecule has 2 heterocycles. The first-order valence-corrected chi connectivity index (χ1v) is 11.5. The highest BCUT2D eigenvalue weighted by molar-refractivity contribution is 5.89. The molecule has 5 nitrogen and oxygen atoms in total. The standard InChI is InChI=1S/C24H37NO4/c1-3-5-6-7-22-17-28-23(18-27-22)19-8-10-20(11-9-19)24(26)29-21-12-15-25(14-4-2)16-13-21/h8-11,21-23H,3-7,12-18H2,1-2H3/t22-,23-/m1/s1. The molecule has 0 N–H and O–H groups in total. The summed E-state index contributed by atoms with van der Waals surface area (Å²) in [6.07, 6.45) is 7.98. The molecular formula is C24H37NO4. The summed E-state index contributed by atoms with van der Waals surface area (Å²) in [6, 6.07) is 7.62. The monoisotopic (exact) mass is 403 g/mol. The quantitative estimate of drug-likeness (QED) is 0.440. The summed E-state index contributed by atoms with van der Waals surface area (Å²) < 4.78 is 17.7. The molecule has 5 heteroatoms. The molecule has 0 bridgehead atoms. The van der Waals surface area contributed by atoms with Crippen LogP contribution in [0.5, 0.6) is 0 Å². The third-order valence-electron chi connectivity index (χ3n) is 5.96. The van der Waals surface area contributed by atoms with Crippen LogP contribution in [0, 0.1) is 0 Å². The molecule has 2 aliphatic heterocycles. The fourth-order valence-electron chi connectivity index (χ4n) is 4.14. The summed E-state index contributed by atoms with van der Waals surface area (Å²) >= 11 is 0. The highest BCUT2D eigenvalue weighted by atomic mass is 16.6. The van der Waals surface area contributed by atoms with Crippen molar-refractivity contribution in [3.8, 4) is 0 Å². The van der Waals surface area contributed by atoms with Crippen LogP contribution in [0.2, 0.25) is 0 Å². The molecule has 0 aliphatic carbocycles. The first kappa shape index (κ1) is 22.3. The molecule has 1 aromatic rings. The Morgan fingerprint density at radius 2 is 1.79 bits per heavy atom. The Morgan fingerprint density at radius 1 is 1.03 bits per heavy atom. The van der Waals surface area contributed by atoms with Crippen LogP contribution >= 0.6 is 0 Å². The molecule has 1 aromatic carbocycles. The predicted molar refractivity (Wildman–Crippen MR) is 114 cm³/mol. The van der Waals surface area contributed by atoms with Crippen molar-refractivity contribution < 1.29 is 19.0 Å². The van der Waals surface area contributed by atoms with Crippen LogP contribution in [0.3, 0.4) is 0 Å². The minimum atomic E-state index is -0.220. The fraction of sp³-hybridized carbons (Fsp3) is 0.708. The number of rotatable bonds is 9. The first-order chi connectivity index (χ1) is 14.2. The smallest absolute Gasteiger partial charge is 0.338 e. The van der Waals surface area contributed by atoms with Gasteiger partial charge in [0.1, 0.15) is 12.2 Å². The minimum Gasteiger partial charge on any atom is -0.459 e. The Hall–Kier alpha value is -1.43. The summed E-state index contributed by atoms with van der Waals surface area (Å²) in [4.78, 5) is 14.9. The van der Waals surface area contributed by atoms with Crippen LogP contribution in [0.25, 0.3) is 0 Å². The number of esters is 1. The molecule has 0 spiro atoms. The molecule has 2 atom stereocenters. The number of unbranched alkanes of at least 4 members (excludes halogenated alkanes) is 2. The molecule has 0 radical (unpaired) electrons. The zero-order chi connectivity index (χ0) is 20.5. The summed E-state index contributed by atoms with van der Waals surface area (Å²) in [5.74, 6) is -0.220. The molecule has 3 rings (SSSR count). The van der Waals surface area contributed by atoms with Gasteiger partial charge in [0.2, 0.25) is 0 Å². The Labute approximate surface area is 175 Å². The first-order valence-electron chi connectivity index (χ1n) is 11.5. The number of carbonyl (C=O) groups excluding carboxylic acids is 1. The van der Waals surface area contributed by atoms with E-state index in [0.717, 1.165) is 44.5 Å². The molecule has 0 aromatic heterocycles. The van der Waals surface area contributed by atoms with Crippen LogP contribution in [-0.4, -0.2) is 55.9 Å². The van der Waals surface area contributed by atoms with Gasteiger partial charge in [0.05, 0.1) is 24.9 Å². The number of ether oxygens (including phenoxy) is 3. The SMILES string of the molecule is CCCCC[C@@H]1CO[C@@H](c2ccc(C(=O)OC3CCN(CCC)CC3)cc2)CO1. The second kappa shape index (κ2) is 11.7. The summed E-state index contributed by atoms with van der Waals surface area (Å²) in [7, 11) is 0. The number of hydrogen-bond acceptors (Lipinski definition) is 5. The number of hydrogen-bond donors (Lipinski definition) is 0. The largest absolute Gasteiger partial charge is 0.459 e. The molecule has 162 valence electrons. The van der Waals surface area contributed by atoms with Gasteiger partial charge < -0.3 is 19.1 Å². The van der Waals surface area contributed by atoms with Gasteiger partial charge in [-0.25, -0.2) is 4.79 Å². The van der Waals surface area contributed by atoms with Crippen molar-refractivity contribution in [3.05, 3.63) is 35.4 Å². The summed E-state index contributed by atoms with van der Waals surface area (Å²) in [6.45, 7) is 8.81. The average molecular weight is 404 g/mol. The van der Waals surface area contributed by atoms with E-state index in [-0.39, 0.29) is 24.3 Å². The maximum absolute atomic E-state index is 12.5. The van der Waals surface area contributed by atoms with Gasteiger partial charge in [0.15, 0.2) is 0 Å². The van der Waals surface area contributed by atoms with Gasteiger partial charge in [-0.1, -0.05) is 45.2 Å². The molecule has 29 heavy (non-hydrogen) atoms. The van der Waals surface area contributed by atoms with Crippen molar-refractivity contribution in [1.29, 1.82) is 0 Å². The Balaban J connectivity index is 1.42. The topological polar surface area (TPSA) is 48.0 Å². The number of piperidine rings is 1. The number of benzene rings is 1. The van der Waals surface area contributed by atoms with E-state index in [0.29, 0.717) is 18.8 Å². The van der Waals surface area contributed by atoms with Gasteiger partial charge in [0.25, 0.3) is 0 Å². The lowest BCUT2D eigenvalue weighted by Crippen LogP contribution is -2.38. The average Bonchev–Trinajstić information content (AvgIpc) is 2.76. The van der Waals surface area contributed by atoms with Crippen LogP contribution in [0.4, 0.5) is 0 Å². The maximum atomic E-state index is 12.5. The van der Waals surface area contributed by atoms with Crippen molar-refractivity contribution in [2.75, 3.05) is 32.8 Å². The van der Waals surface area contributed by atoms with Crippen LogP contribution in [0.1, 0.15) is 80.8 Å². The van der Waals surface area contributed by atoms with Crippen molar-refractivity contribution in [3.63, 3.8) is 0 Å². The molecule has 2 fully saturated rings. The van der Waals surface area contributed by atoms with Gasteiger partial charge in [0, 0.05) is 13.1 Å². The second-order valence-electron chi connectivity index (χ2n) is 8.34. The lowest BCUT2D eigenvalue weighted by molar-refractivity contribution is -0.137. The van der Waals surface area contributed by atoms with E-state index in [1.54, 1.807) is 0 Å². The van der Waals surface area contributed by atoms with Gasteiger partial charge in [-0.15, -0.1) is 0 Å². The number of nitrogens with zero attached hydrogens (tertiary/aromatic N) is 1. The number of likely N-dealkylation sites (tertiary alicyclic amines) is 1. The third-order valence-corrected chi connectivity index (χ3v) is 5.96. The highest BCUT2D eigenvalue weighted by Crippen LogP contribution is 2.25. The van der Waals surface area contributed by atoms with Crippen LogP contribution < -0.4 is 0 Å². The second-order valence-corrected chi connectivity index (χ2v) is 8.34. The van der Waals surface area contributed by atoms with E-state index < -0.39 is 0 Å². The summed E-state index contributed by atoms with van der Waals surface area (Å²) in [5.41, 5.74) is 1.67. The van der Waals surface area contributed by atoms with Gasteiger partial charge >= 0.3 is 5.97 Å². The Kier molecular flexibility index (Phi) is 8.96. The van der Waals surface area contributed by atoms with Crippen molar-refractivity contribution >= 4 is 5.97 Å². The molecule has 2 aliphatic rings. The molecule has 0 saturated carbocycles. The van der Waals surface area contributed by atoms with E-state index in [1.807, 2.05) is 24.3 Å². The summed E-state index contributed by atoms with van der Waals surface area (Å²) in [5, 5.41) is 0. The Bertz CT molecular complexity index is 602. The molecule has 2 saturated heterocycles. The normalized spacial score (nSPS) is 23.8. The highest BCUT2D eigenvalue weighted by Gasteiger charge is 2.25. The van der Waals surface area contributed by atoms with E-state index in [4.69, 9.17) is 14.2 Å². The predicted octanol–water partition coefficient (Wildman–Crippen LogP) is 4.75. The zero-order valence-electron chi connectivity index (χ0n) is 18.1. The van der Waals surface area contributed by atoms with Gasteiger partial charge in [-0.2, -0.15) is 0 Å². The maximum Gasteiger partial charge on any atom is 0.338 e. The lowest BCUT2D eigenvalue weighted by Gasteiger charge is -2.31. The van der Waals surface area contributed by atoms with Gasteiger partial charge in [-0.05, 0) is 49.9 Å². The van der Waals surface area contributed by atoms with E-state index >= 15 is 0 Å². The zero-order valence-corrected chi connectivity index (χ0v) is 18.1. The van der Waals surface area contributed by atoms with Crippen molar-refractivity contribution in [2.45, 2.75) is 77.1 Å². The lowest BCUT2D eigenvalue weighted by atomic mass is 10.0. The fourth-order valence-corrected chi connectivity index (χ4v) is 4.14. The van der Waals surface area contributed by atoms with E-state index in [9.17, 15) is 4.79 Å². The van der Waals surface area contributed by atoms with Crippen molar-refractivity contribution in [2.24, 2.45) is 0 Å². The van der Waals surface area contributed by atoms with Crippen LogP contribution in [0.15, 0.2) is 24.3 Å². The third kappa shape index (κ3) is 6.80. The molecule has 0 amide bonds. The van der Waals surface area contributed by atoms with E-state index in [1.165, 1.54) is 25.7 Å². The molecular weight excluding hydrogens is 366 g/mol. The van der Waals surface area contributed by atoms with Crippen molar-refractivity contribution in [1.82, 2.24) is 4.90 Å². The Morgan fingerprint density at radius 3 is 2.41 bits per heavy atom.